The number of carbonyl (C=O) groups is 1. The lowest BCUT2D eigenvalue weighted by molar-refractivity contribution is -0.138. The molecule has 3 nitrogen and oxygen atoms in total. The number of nitrogens with zero attached hydrogens (tertiary/aromatic N) is 1. The van der Waals surface area contributed by atoms with Gasteiger partial charge in [-0.15, -0.1) is 0 Å². The molecule has 1 N–H and O–H groups in total. The molecule has 0 aliphatic carbocycles. The predicted octanol–water partition coefficient (Wildman–Crippen LogP) is 2.90. The van der Waals surface area contributed by atoms with Gasteiger partial charge < -0.3 is 10.0 Å². The SMILES string of the molecule is CC(C(=O)O)N(C)c1cccc(Cl)c1Cl. The highest BCUT2D eigenvalue weighted by atomic mass is 35.5. The number of likely N-dealkylation sites (N-methyl/N-ethyl adjacent to an activating group) is 1. The third-order valence-electron chi connectivity index (χ3n) is 2.25. The molecule has 5 heteroatoms. The quantitative estimate of drug-likeness (QED) is 0.893. The second kappa shape index (κ2) is 4.73. The first kappa shape index (κ1) is 12.1. The van der Waals surface area contributed by atoms with Crippen LogP contribution in [0.3, 0.4) is 0 Å². The average Bonchev–Trinajstić information content (AvgIpc) is 2.20. The first-order valence-corrected chi connectivity index (χ1v) is 5.10. The number of hydrogen-bond donors (Lipinski definition) is 1. The largest absolute Gasteiger partial charge is 0.480 e. The Labute approximate surface area is 98.2 Å². The monoisotopic (exact) mass is 247 g/mol. The van der Waals surface area contributed by atoms with Crippen molar-refractivity contribution in [3.8, 4) is 0 Å². The lowest BCUT2D eigenvalue weighted by atomic mass is 10.2. The van der Waals surface area contributed by atoms with Crippen LogP contribution in [0.5, 0.6) is 0 Å². The van der Waals surface area contributed by atoms with Gasteiger partial charge in [0.25, 0.3) is 0 Å². The minimum atomic E-state index is -0.909. The first-order valence-electron chi connectivity index (χ1n) is 4.34. The summed E-state index contributed by atoms with van der Waals surface area (Å²) >= 11 is 11.8. The summed E-state index contributed by atoms with van der Waals surface area (Å²) in [6.45, 7) is 1.58. The molecule has 0 radical (unpaired) electrons. The number of aliphatic carboxylic acids is 1. The minimum Gasteiger partial charge on any atom is -0.480 e. The van der Waals surface area contributed by atoms with E-state index in [1.54, 1.807) is 37.1 Å². The van der Waals surface area contributed by atoms with Gasteiger partial charge in [-0.25, -0.2) is 4.79 Å². The van der Waals surface area contributed by atoms with Crippen molar-refractivity contribution < 1.29 is 9.90 Å². The van der Waals surface area contributed by atoms with E-state index in [2.05, 4.69) is 0 Å². The Kier molecular flexibility index (Phi) is 3.83. The molecule has 0 aliphatic heterocycles. The third kappa shape index (κ3) is 2.55. The molecule has 82 valence electrons. The van der Waals surface area contributed by atoms with E-state index in [-0.39, 0.29) is 0 Å². The molecule has 0 aromatic heterocycles. The van der Waals surface area contributed by atoms with Crippen LogP contribution in [0.4, 0.5) is 5.69 Å². The summed E-state index contributed by atoms with van der Waals surface area (Å²) in [6, 6.07) is 4.47. The van der Waals surface area contributed by atoms with Crippen molar-refractivity contribution >= 4 is 34.9 Å². The highest BCUT2D eigenvalue weighted by Gasteiger charge is 2.19. The highest BCUT2D eigenvalue weighted by Crippen LogP contribution is 2.32. The van der Waals surface area contributed by atoms with Crippen molar-refractivity contribution in [1.29, 1.82) is 0 Å². The second-order valence-corrected chi connectivity index (χ2v) is 3.98. The number of carboxylic acids is 1. The summed E-state index contributed by atoms with van der Waals surface area (Å²) in [4.78, 5) is 12.4. The zero-order valence-electron chi connectivity index (χ0n) is 8.37. The minimum absolute atomic E-state index is 0.370. The lowest BCUT2D eigenvalue weighted by Crippen LogP contribution is -2.35. The highest BCUT2D eigenvalue weighted by molar-refractivity contribution is 6.43. The van der Waals surface area contributed by atoms with Gasteiger partial charge >= 0.3 is 5.97 Å². The molecule has 15 heavy (non-hydrogen) atoms. The third-order valence-corrected chi connectivity index (χ3v) is 3.06. The van der Waals surface area contributed by atoms with E-state index < -0.39 is 12.0 Å². The molecule has 0 saturated carbocycles. The molecule has 0 aliphatic rings. The van der Waals surface area contributed by atoms with Crippen LogP contribution in [0.2, 0.25) is 10.0 Å². The topological polar surface area (TPSA) is 40.5 Å². The standard InChI is InChI=1S/C10H11Cl2NO2/c1-6(10(14)15)13(2)8-5-3-4-7(11)9(8)12/h3-6H,1-2H3,(H,14,15). The summed E-state index contributed by atoms with van der Waals surface area (Å²) in [7, 11) is 1.66. The maximum atomic E-state index is 10.8. The maximum Gasteiger partial charge on any atom is 0.326 e. The van der Waals surface area contributed by atoms with Gasteiger partial charge in [-0.1, -0.05) is 29.3 Å². The fourth-order valence-corrected chi connectivity index (χ4v) is 1.57. The molecule has 0 heterocycles. The number of hydrogen-bond acceptors (Lipinski definition) is 2. The molecule has 1 unspecified atom stereocenters. The van der Waals surface area contributed by atoms with Crippen LogP contribution < -0.4 is 4.90 Å². The molecule has 0 fully saturated rings. The molecule has 1 atom stereocenters. The maximum absolute atomic E-state index is 10.8. The molecule has 0 bridgehead atoms. The van der Waals surface area contributed by atoms with Crippen LogP contribution >= 0.6 is 23.2 Å². The Morgan fingerprint density at radius 3 is 2.60 bits per heavy atom. The Morgan fingerprint density at radius 2 is 2.07 bits per heavy atom. The van der Waals surface area contributed by atoms with Crippen LogP contribution in [0, 0.1) is 0 Å². The van der Waals surface area contributed by atoms with E-state index in [1.807, 2.05) is 0 Å². The van der Waals surface area contributed by atoms with Gasteiger partial charge in [-0.2, -0.15) is 0 Å². The number of rotatable bonds is 3. The molecule has 1 aromatic rings. The smallest absolute Gasteiger partial charge is 0.326 e. The molecule has 0 amide bonds. The van der Waals surface area contributed by atoms with E-state index in [9.17, 15) is 4.79 Å². The van der Waals surface area contributed by atoms with E-state index in [0.717, 1.165) is 0 Å². The van der Waals surface area contributed by atoms with Crippen molar-refractivity contribution in [1.82, 2.24) is 0 Å². The van der Waals surface area contributed by atoms with Crippen molar-refractivity contribution in [3.05, 3.63) is 28.2 Å². The van der Waals surface area contributed by atoms with Gasteiger partial charge in [0.05, 0.1) is 15.7 Å². The number of halogens is 2. The molecule has 0 spiro atoms. The Balaban J connectivity index is 3.06. The van der Waals surface area contributed by atoms with Crippen molar-refractivity contribution in [3.63, 3.8) is 0 Å². The lowest BCUT2D eigenvalue weighted by Gasteiger charge is -2.24. The van der Waals surface area contributed by atoms with E-state index in [1.165, 1.54) is 0 Å². The zero-order valence-corrected chi connectivity index (χ0v) is 9.88. The number of carboxylic acid groups (broad SMARTS) is 1. The predicted molar refractivity (Wildman–Crippen MR) is 62.0 cm³/mol. The Bertz CT molecular complexity index is 382. The van der Waals surface area contributed by atoms with Crippen LogP contribution in [-0.4, -0.2) is 24.2 Å². The van der Waals surface area contributed by atoms with Gasteiger partial charge in [0.1, 0.15) is 6.04 Å². The van der Waals surface area contributed by atoms with Crippen LogP contribution in [0.15, 0.2) is 18.2 Å². The fraction of sp³-hybridized carbons (Fsp3) is 0.300. The van der Waals surface area contributed by atoms with Gasteiger partial charge in [-0.05, 0) is 19.1 Å². The number of benzene rings is 1. The van der Waals surface area contributed by atoms with Crippen LogP contribution in [-0.2, 0) is 4.79 Å². The van der Waals surface area contributed by atoms with Crippen molar-refractivity contribution in [2.75, 3.05) is 11.9 Å². The van der Waals surface area contributed by atoms with E-state index >= 15 is 0 Å². The first-order chi connectivity index (χ1) is 6.95. The summed E-state index contributed by atoms with van der Waals surface area (Å²) in [5, 5.41) is 9.64. The molecule has 1 rings (SSSR count). The van der Waals surface area contributed by atoms with E-state index in [0.29, 0.717) is 15.7 Å². The van der Waals surface area contributed by atoms with Gasteiger partial charge in [0, 0.05) is 7.05 Å². The average molecular weight is 248 g/mol. The van der Waals surface area contributed by atoms with Gasteiger partial charge in [0.2, 0.25) is 0 Å². The number of anilines is 1. The summed E-state index contributed by atoms with van der Waals surface area (Å²) in [5.74, 6) is -0.909. The van der Waals surface area contributed by atoms with Crippen LogP contribution in [0.25, 0.3) is 0 Å². The van der Waals surface area contributed by atoms with E-state index in [4.69, 9.17) is 28.3 Å². The Hall–Kier alpha value is -0.930. The van der Waals surface area contributed by atoms with Gasteiger partial charge in [-0.3, -0.25) is 0 Å². The van der Waals surface area contributed by atoms with Crippen molar-refractivity contribution in [2.45, 2.75) is 13.0 Å². The van der Waals surface area contributed by atoms with Crippen LogP contribution in [0.1, 0.15) is 6.92 Å². The zero-order chi connectivity index (χ0) is 11.6. The Morgan fingerprint density at radius 1 is 1.47 bits per heavy atom. The normalized spacial score (nSPS) is 12.3. The second-order valence-electron chi connectivity index (χ2n) is 3.20. The molecule has 1 aromatic carbocycles. The fourth-order valence-electron chi connectivity index (χ4n) is 1.14. The summed E-state index contributed by atoms with van der Waals surface area (Å²) in [6.07, 6.45) is 0. The summed E-state index contributed by atoms with van der Waals surface area (Å²) < 4.78 is 0. The van der Waals surface area contributed by atoms with Gasteiger partial charge in [0.15, 0.2) is 0 Å². The molecular weight excluding hydrogens is 237 g/mol. The summed E-state index contributed by atoms with van der Waals surface area (Å²) in [5.41, 5.74) is 0.610. The molecule has 0 saturated heterocycles. The molecular formula is C10H11Cl2NO2. The van der Waals surface area contributed by atoms with Crippen molar-refractivity contribution in [2.24, 2.45) is 0 Å².